The Labute approximate surface area is 139 Å². The Hall–Kier alpha value is -1.47. The number of nitrogens with zero attached hydrogens (tertiary/aromatic N) is 1. The summed E-state index contributed by atoms with van der Waals surface area (Å²) >= 11 is 3.81. The molecule has 0 radical (unpaired) electrons. The molecule has 3 aromatic rings. The zero-order valence-corrected chi connectivity index (χ0v) is 13.8. The topological polar surface area (TPSA) is 24.9 Å². The lowest BCUT2D eigenvalue weighted by molar-refractivity contribution is 0.628. The molecule has 104 valence electrons. The van der Waals surface area contributed by atoms with E-state index in [4.69, 9.17) is 0 Å². The van der Waals surface area contributed by atoms with Crippen molar-refractivity contribution in [2.45, 2.75) is 6.42 Å². The van der Waals surface area contributed by atoms with Gasteiger partial charge in [0.25, 0.3) is 0 Å². The van der Waals surface area contributed by atoms with Gasteiger partial charge in [-0.25, -0.2) is 9.37 Å². The molecular weight excluding hydrogens is 398 g/mol. The minimum absolute atomic E-state index is 0.204. The molecule has 0 saturated heterocycles. The van der Waals surface area contributed by atoms with Gasteiger partial charge in [-0.2, -0.15) is 0 Å². The summed E-state index contributed by atoms with van der Waals surface area (Å²) in [6, 6.07) is 13.0. The lowest BCUT2D eigenvalue weighted by Crippen LogP contribution is -1.85. The summed E-state index contributed by atoms with van der Waals surface area (Å²) < 4.78 is 16.1. The molecule has 0 unspecified atom stereocenters. The first-order valence-electron chi connectivity index (χ1n) is 6.50. The maximum Gasteiger partial charge on any atom is 0.192 e. The molecule has 0 spiro atoms. The van der Waals surface area contributed by atoms with Crippen LogP contribution in [0.2, 0.25) is 0 Å². The molecule has 21 heavy (non-hydrogen) atoms. The Morgan fingerprint density at radius 3 is 2.62 bits per heavy atom. The van der Waals surface area contributed by atoms with Crippen LogP contribution in [-0.4, -0.2) is 4.98 Å². The van der Waals surface area contributed by atoms with Crippen LogP contribution in [0.4, 0.5) is 9.52 Å². The first-order chi connectivity index (χ1) is 10.2. The highest BCUT2D eigenvalue weighted by atomic mass is 127. The van der Waals surface area contributed by atoms with Gasteiger partial charge in [0.15, 0.2) is 5.13 Å². The summed E-state index contributed by atoms with van der Waals surface area (Å²) in [5.41, 5.74) is 5.77. The molecule has 1 aliphatic rings. The number of aromatic nitrogens is 1. The lowest BCUT2D eigenvalue weighted by Gasteiger charge is -2.05. The van der Waals surface area contributed by atoms with Gasteiger partial charge in [-0.1, -0.05) is 30.3 Å². The Kier molecular flexibility index (Phi) is 3.19. The van der Waals surface area contributed by atoms with Gasteiger partial charge in [-0.3, -0.25) is 0 Å². The molecule has 2 nitrogen and oxygen atoms in total. The van der Waals surface area contributed by atoms with Crippen LogP contribution >= 0.6 is 34.2 Å². The van der Waals surface area contributed by atoms with Gasteiger partial charge in [0.2, 0.25) is 0 Å². The monoisotopic (exact) mass is 408 g/mol. The molecule has 1 aliphatic carbocycles. The van der Waals surface area contributed by atoms with Crippen LogP contribution < -0.4 is 3.53 Å². The Morgan fingerprint density at radius 2 is 1.86 bits per heavy atom. The van der Waals surface area contributed by atoms with E-state index in [1.54, 1.807) is 11.3 Å². The number of thiazole rings is 1. The van der Waals surface area contributed by atoms with E-state index in [2.05, 4.69) is 49.6 Å². The summed E-state index contributed by atoms with van der Waals surface area (Å²) in [6.45, 7) is 0. The third kappa shape index (κ3) is 2.24. The van der Waals surface area contributed by atoms with Crippen molar-refractivity contribution in [2.24, 2.45) is 0 Å². The second-order valence-electron chi connectivity index (χ2n) is 4.94. The summed E-state index contributed by atoms with van der Waals surface area (Å²) in [5.74, 6) is -0.204. The molecule has 0 atom stereocenters. The van der Waals surface area contributed by atoms with Crippen LogP contribution in [0.3, 0.4) is 0 Å². The van der Waals surface area contributed by atoms with Gasteiger partial charge < -0.3 is 3.53 Å². The Morgan fingerprint density at radius 1 is 1.10 bits per heavy atom. The van der Waals surface area contributed by atoms with Gasteiger partial charge in [-0.05, 0) is 28.8 Å². The standard InChI is InChI=1S/C16H10FIN2S/c17-12-4-1-9(2-5-12)10-3-6-13-11(7-10)8-14-15(13)19-16(20-18)21-14/h1-7H,8H2,(H,19,20). The fourth-order valence-corrected chi connectivity index (χ4v) is 4.03. The maximum absolute atomic E-state index is 13.0. The van der Waals surface area contributed by atoms with E-state index < -0.39 is 0 Å². The highest BCUT2D eigenvalue weighted by Crippen LogP contribution is 2.42. The zero-order valence-electron chi connectivity index (χ0n) is 10.9. The van der Waals surface area contributed by atoms with Gasteiger partial charge in [0.05, 0.1) is 28.6 Å². The van der Waals surface area contributed by atoms with Crippen molar-refractivity contribution < 1.29 is 4.39 Å². The number of benzene rings is 2. The lowest BCUT2D eigenvalue weighted by atomic mass is 10.00. The number of hydrogen-bond donors (Lipinski definition) is 1. The van der Waals surface area contributed by atoms with Crippen LogP contribution in [0, 0.1) is 5.82 Å². The minimum Gasteiger partial charge on any atom is -0.304 e. The van der Waals surface area contributed by atoms with Crippen molar-refractivity contribution in [1.82, 2.24) is 4.98 Å². The van der Waals surface area contributed by atoms with Gasteiger partial charge in [0, 0.05) is 16.9 Å². The van der Waals surface area contributed by atoms with Crippen molar-refractivity contribution in [3.63, 3.8) is 0 Å². The van der Waals surface area contributed by atoms with E-state index in [1.165, 1.54) is 28.1 Å². The normalized spacial score (nSPS) is 12.1. The molecule has 0 fully saturated rings. The van der Waals surface area contributed by atoms with E-state index in [0.29, 0.717) is 0 Å². The number of rotatable bonds is 2. The predicted molar refractivity (Wildman–Crippen MR) is 93.4 cm³/mol. The molecule has 1 N–H and O–H groups in total. The first kappa shape index (κ1) is 13.2. The SMILES string of the molecule is Fc1ccc(-c2ccc3c(c2)Cc2sc(NI)nc2-3)cc1. The predicted octanol–water partition coefficient (Wildman–Crippen LogP) is 5.28. The second kappa shape index (κ2) is 5.06. The number of fused-ring (bicyclic) bond motifs is 3. The molecule has 0 aliphatic heterocycles. The smallest absolute Gasteiger partial charge is 0.192 e. The molecule has 1 heterocycles. The van der Waals surface area contributed by atoms with E-state index in [1.807, 2.05) is 12.1 Å². The second-order valence-corrected chi connectivity index (χ2v) is 6.56. The molecular formula is C16H10FIN2S. The fraction of sp³-hybridized carbons (Fsp3) is 0.0625. The van der Waals surface area contributed by atoms with E-state index >= 15 is 0 Å². The average molecular weight is 408 g/mol. The Bertz CT molecular complexity index is 827. The molecule has 5 heteroatoms. The van der Waals surface area contributed by atoms with Crippen LogP contribution in [0.1, 0.15) is 10.4 Å². The van der Waals surface area contributed by atoms with E-state index in [-0.39, 0.29) is 5.82 Å². The molecule has 1 aromatic heterocycles. The first-order valence-corrected chi connectivity index (χ1v) is 8.40. The zero-order chi connectivity index (χ0) is 14.4. The number of anilines is 1. The van der Waals surface area contributed by atoms with Crippen LogP contribution in [0.25, 0.3) is 22.4 Å². The van der Waals surface area contributed by atoms with Crippen molar-refractivity contribution in [3.8, 4) is 22.4 Å². The number of nitrogens with one attached hydrogen (secondary N) is 1. The fourth-order valence-electron chi connectivity index (χ4n) is 2.69. The largest absolute Gasteiger partial charge is 0.304 e. The van der Waals surface area contributed by atoms with Crippen molar-refractivity contribution in [2.75, 3.05) is 3.53 Å². The van der Waals surface area contributed by atoms with Gasteiger partial charge >= 0.3 is 0 Å². The van der Waals surface area contributed by atoms with Crippen molar-refractivity contribution in [1.29, 1.82) is 0 Å². The van der Waals surface area contributed by atoms with E-state index in [0.717, 1.165) is 28.4 Å². The van der Waals surface area contributed by atoms with E-state index in [9.17, 15) is 4.39 Å². The quantitative estimate of drug-likeness (QED) is 0.361. The van der Waals surface area contributed by atoms with Gasteiger partial charge in [0.1, 0.15) is 5.82 Å². The molecule has 2 aromatic carbocycles. The third-order valence-corrected chi connectivity index (χ3v) is 5.51. The van der Waals surface area contributed by atoms with Gasteiger partial charge in [-0.15, -0.1) is 11.3 Å². The Balaban J connectivity index is 1.76. The third-order valence-electron chi connectivity index (χ3n) is 3.67. The summed E-state index contributed by atoms with van der Waals surface area (Å²) in [5, 5.41) is 0.953. The summed E-state index contributed by atoms with van der Waals surface area (Å²) in [4.78, 5) is 5.92. The minimum atomic E-state index is -0.204. The van der Waals surface area contributed by atoms with Crippen LogP contribution in [0.15, 0.2) is 42.5 Å². The summed E-state index contributed by atoms with van der Waals surface area (Å²) in [6.07, 6.45) is 0.926. The molecule has 4 rings (SSSR count). The van der Waals surface area contributed by atoms with Crippen LogP contribution in [-0.2, 0) is 6.42 Å². The molecule has 0 bridgehead atoms. The maximum atomic E-state index is 13.0. The molecule has 0 amide bonds. The summed E-state index contributed by atoms with van der Waals surface area (Å²) in [7, 11) is 0. The van der Waals surface area contributed by atoms with Crippen molar-refractivity contribution in [3.05, 3.63) is 58.7 Å². The number of halogens is 2. The number of hydrogen-bond acceptors (Lipinski definition) is 3. The molecule has 0 saturated carbocycles. The van der Waals surface area contributed by atoms with Crippen molar-refractivity contribution >= 4 is 39.3 Å². The highest BCUT2D eigenvalue weighted by Gasteiger charge is 2.23. The highest BCUT2D eigenvalue weighted by molar-refractivity contribution is 14.1. The van der Waals surface area contributed by atoms with Crippen LogP contribution in [0.5, 0.6) is 0 Å². The average Bonchev–Trinajstić information content (AvgIpc) is 3.04.